The van der Waals surface area contributed by atoms with Crippen LogP contribution in [0.4, 0.5) is 8.78 Å². The Balaban J connectivity index is 0.00000225. The number of aromatic hydroxyl groups is 1. The fraction of sp³-hybridized carbons (Fsp3) is 0.333. The molecular weight excluding hydrogens is 307 g/mol. The SMILES string of the molecule is Cl.N[C@@H](c1cc(O)ccc1Br)C(F)(F)CO. The largest absolute Gasteiger partial charge is 0.508 e. The summed E-state index contributed by atoms with van der Waals surface area (Å²) in [6.07, 6.45) is 0. The van der Waals surface area contributed by atoms with Gasteiger partial charge in [0.2, 0.25) is 0 Å². The lowest BCUT2D eigenvalue weighted by atomic mass is 10.0. The van der Waals surface area contributed by atoms with E-state index in [9.17, 15) is 8.78 Å². The number of phenolic OH excluding ortho intramolecular Hbond substituents is 1. The molecule has 0 bridgehead atoms. The molecule has 0 saturated heterocycles. The van der Waals surface area contributed by atoms with E-state index in [0.29, 0.717) is 4.47 Å². The highest BCUT2D eigenvalue weighted by atomic mass is 79.9. The molecular formula is C9H11BrClF2NO2. The van der Waals surface area contributed by atoms with Crippen LogP contribution < -0.4 is 5.73 Å². The molecule has 0 aromatic heterocycles. The van der Waals surface area contributed by atoms with Crippen molar-refractivity contribution in [3.05, 3.63) is 28.2 Å². The lowest BCUT2D eigenvalue weighted by Gasteiger charge is -2.22. The normalized spacial score (nSPS) is 13.1. The molecule has 0 fully saturated rings. The smallest absolute Gasteiger partial charge is 0.289 e. The first-order valence-electron chi connectivity index (χ1n) is 4.11. The molecule has 0 saturated carbocycles. The Morgan fingerprint density at radius 1 is 1.44 bits per heavy atom. The maximum absolute atomic E-state index is 13.1. The molecule has 4 N–H and O–H groups in total. The Labute approximate surface area is 106 Å². The van der Waals surface area contributed by atoms with Gasteiger partial charge < -0.3 is 15.9 Å². The van der Waals surface area contributed by atoms with Crippen LogP contribution in [0.1, 0.15) is 11.6 Å². The van der Waals surface area contributed by atoms with Gasteiger partial charge in [0.25, 0.3) is 5.92 Å². The predicted molar refractivity (Wildman–Crippen MR) is 62.0 cm³/mol. The number of hydrogen-bond donors (Lipinski definition) is 3. The van der Waals surface area contributed by atoms with Gasteiger partial charge in [-0.3, -0.25) is 0 Å². The molecule has 0 unspecified atom stereocenters. The van der Waals surface area contributed by atoms with E-state index >= 15 is 0 Å². The van der Waals surface area contributed by atoms with Crippen LogP contribution in [-0.4, -0.2) is 22.7 Å². The maximum Gasteiger partial charge on any atom is 0.289 e. The van der Waals surface area contributed by atoms with E-state index in [1.807, 2.05) is 0 Å². The Morgan fingerprint density at radius 2 is 2.00 bits per heavy atom. The van der Waals surface area contributed by atoms with Gasteiger partial charge in [0.1, 0.15) is 12.4 Å². The van der Waals surface area contributed by atoms with Gasteiger partial charge in [-0.2, -0.15) is 0 Å². The van der Waals surface area contributed by atoms with E-state index in [-0.39, 0.29) is 23.7 Å². The minimum Gasteiger partial charge on any atom is -0.508 e. The van der Waals surface area contributed by atoms with Gasteiger partial charge in [0.05, 0.1) is 6.04 Å². The molecule has 3 nitrogen and oxygen atoms in total. The van der Waals surface area contributed by atoms with Crippen LogP contribution in [0.15, 0.2) is 22.7 Å². The molecule has 16 heavy (non-hydrogen) atoms. The fourth-order valence-corrected chi connectivity index (χ4v) is 1.59. The van der Waals surface area contributed by atoms with Crippen molar-refractivity contribution in [2.75, 3.05) is 6.61 Å². The summed E-state index contributed by atoms with van der Waals surface area (Å²) in [6, 6.07) is 2.23. The quantitative estimate of drug-likeness (QED) is 0.800. The van der Waals surface area contributed by atoms with Gasteiger partial charge in [0, 0.05) is 4.47 Å². The molecule has 1 aromatic carbocycles. The van der Waals surface area contributed by atoms with Gasteiger partial charge in [-0.25, -0.2) is 8.78 Å². The second kappa shape index (κ2) is 5.77. The average Bonchev–Trinajstić information content (AvgIpc) is 2.20. The summed E-state index contributed by atoms with van der Waals surface area (Å²) in [5, 5.41) is 17.6. The van der Waals surface area contributed by atoms with Crippen molar-refractivity contribution < 1.29 is 19.0 Å². The summed E-state index contributed by atoms with van der Waals surface area (Å²) in [5.74, 6) is -3.58. The number of rotatable bonds is 3. The number of phenols is 1. The summed E-state index contributed by atoms with van der Waals surface area (Å²) >= 11 is 3.05. The minimum atomic E-state index is -3.42. The Kier molecular flexibility index (Phi) is 5.61. The maximum atomic E-state index is 13.1. The Hall–Kier alpha value is -0.430. The van der Waals surface area contributed by atoms with Gasteiger partial charge in [-0.05, 0) is 23.8 Å². The molecule has 0 radical (unpaired) electrons. The van der Waals surface area contributed by atoms with Crippen molar-refractivity contribution in [2.24, 2.45) is 5.73 Å². The number of benzene rings is 1. The average molecular weight is 319 g/mol. The molecule has 0 amide bonds. The van der Waals surface area contributed by atoms with Crippen molar-refractivity contribution >= 4 is 28.3 Å². The highest BCUT2D eigenvalue weighted by Gasteiger charge is 2.38. The number of hydrogen-bond acceptors (Lipinski definition) is 3. The van der Waals surface area contributed by atoms with Crippen molar-refractivity contribution in [3.8, 4) is 5.75 Å². The van der Waals surface area contributed by atoms with Crippen molar-refractivity contribution in [3.63, 3.8) is 0 Å². The molecule has 1 rings (SSSR count). The first kappa shape index (κ1) is 15.6. The van der Waals surface area contributed by atoms with Gasteiger partial charge >= 0.3 is 0 Å². The van der Waals surface area contributed by atoms with Crippen molar-refractivity contribution in [1.82, 2.24) is 0 Å². The molecule has 92 valence electrons. The summed E-state index contributed by atoms with van der Waals surface area (Å²) in [4.78, 5) is 0. The third-order valence-corrected chi connectivity index (χ3v) is 2.70. The van der Waals surface area contributed by atoms with E-state index < -0.39 is 18.6 Å². The minimum absolute atomic E-state index is 0. The van der Waals surface area contributed by atoms with Crippen LogP contribution in [0.25, 0.3) is 0 Å². The Morgan fingerprint density at radius 3 is 2.50 bits per heavy atom. The number of aliphatic hydroxyl groups excluding tert-OH is 1. The molecule has 0 heterocycles. The first-order valence-corrected chi connectivity index (χ1v) is 4.90. The summed E-state index contributed by atoms with van der Waals surface area (Å²) < 4.78 is 26.5. The van der Waals surface area contributed by atoms with Crippen molar-refractivity contribution in [2.45, 2.75) is 12.0 Å². The lowest BCUT2D eigenvalue weighted by Crippen LogP contribution is -2.36. The summed E-state index contributed by atoms with van der Waals surface area (Å²) in [5.41, 5.74) is 5.35. The van der Waals surface area contributed by atoms with Crippen LogP contribution in [0.5, 0.6) is 5.75 Å². The second-order valence-electron chi connectivity index (χ2n) is 3.10. The molecule has 0 aliphatic rings. The van der Waals surface area contributed by atoms with E-state index in [1.165, 1.54) is 12.1 Å². The third kappa shape index (κ3) is 3.28. The molecule has 1 atom stereocenters. The van der Waals surface area contributed by atoms with E-state index in [4.69, 9.17) is 15.9 Å². The zero-order valence-corrected chi connectivity index (χ0v) is 10.4. The highest BCUT2D eigenvalue weighted by molar-refractivity contribution is 9.10. The van der Waals surface area contributed by atoms with Gasteiger partial charge in [-0.1, -0.05) is 15.9 Å². The van der Waals surface area contributed by atoms with Crippen LogP contribution in [-0.2, 0) is 0 Å². The predicted octanol–water partition coefficient (Wildman–Crippen LogP) is 2.20. The van der Waals surface area contributed by atoms with Gasteiger partial charge in [-0.15, -0.1) is 12.4 Å². The monoisotopic (exact) mass is 317 g/mol. The first-order chi connectivity index (χ1) is 6.88. The lowest BCUT2D eigenvalue weighted by molar-refractivity contribution is -0.0713. The third-order valence-electron chi connectivity index (χ3n) is 1.98. The zero-order chi connectivity index (χ0) is 11.6. The molecule has 0 spiro atoms. The fourth-order valence-electron chi connectivity index (χ4n) is 1.10. The van der Waals surface area contributed by atoms with E-state index in [0.717, 1.165) is 6.07 Å². The van der Waals surface area contributed by atoms with Crippen LogP contribution in [0, 0.1) is 0 Å². The molecule has 0 aliphatic heterocycles. The van der Waals surface area contributed by atoms with E-state index in [2.05, 4.69) is 15.9 Å². The standard InChI is InChI=1S/C9H10BrF2NO2.ClH/c10-7-2-1-5(15)3-6(7)8(13)9(11,12)4-14;/h1-3,8,14-15H,4,13H2;1H/t8-;/m0./s1. The van der Waals surface area contributed by atoms with Gasteiger partial charge in [0.15, 0.2) is 0 Å². The van der Waals surface area contributed by atoms with Crippen molar-refractivity contribution in [1.29, 1.82) is 0 Å². The number of nitrogens with two attached hydrogens (primary N) is 1. The second-order valence-corrected chi connectivity index (χ2v) is 3.96. The summed E-state index contributed by atoms with van der Waals surface area (Å²) in [7, 11) is 0. The summed E-state index contributed by atoms with van der Waals surface area (Å²) in [6.45, 7) is -1.34. The van der Waals surface area contributed by atoms with Crippen LogP contribution in [0.2, 0.25) is 0 Å². The highest BCUT2D eigenvalue weighted by Crippen LogP contribution is 2.34. The molecule has 0 aliphatic carbocycles. The topological polar surface area (TPSA) is 66.5 Å². The number of aliphatic hydroxyl groups is 1. The van der Waals surface area contributed by atoms with Crippen LogP contribution >= 0.6 is 28.3 Å². The number of alkyl halides is 2. The zero-order valence-electron chi connectivity index (χ0n) is 8.03. The number of halogens is 4. The van der Waals surface area contributed by atoms with Crippen LogP contribution in [0.3, 0.4) is 0 Å². The molecule has 7 heteroatoms. The Bertz CT molecular complexity index is 365. The molecule has 1 aromatic rings. The van der Waals surface area contributed by atoms with E-state index in [1.54, 1.807) is 0 Å².